The number of nitrogen functional groups attached to an aromatic ring is 1. The van der Waals surface area contributed by atoms with Crippen molar-refractivity contribution in [3.63, 3.8) is 0 Å². The van der Waals surface area contributed by atoms with E-state index in [-0.39, 0.29) is 12.1 Å². The van der Waals surface area contributed by atoms with Gasteiger partial charge in [0, 0.05) is 31.0 Å². The highest BCUT2D eigenvalue weighted by Crippen LogP contribution is 2.25. The highest BCUT2D eigenvalue weighted by molar-refractivity contribution is 5.69. The van der Waals surface area contributed by atoms with E-state index in [0.717, 1.165) is 24.5 Å². The molecule has 0 aliphatic carbocycles. The van der Waals surface area contributed by atoms with Crippen LogP contribution in [0.3, 0.4) is 0 Å². The van der Waals surface area contributed by atoms with Crippen LogP contribution >= 0.6 is 0 Å². The van der Waals surface area contributed by atoms with Crippen LogP contribution in [0.1, 0.15) is 34.6 Å². The average molecular weight is 319 g/mol. The zero-order valence-electron chi connectivity index (χ0n) is 14.9. The first-order valence-electron chi connectivity index (χ1n) is 8.27. The number of nitrogens with two attached hydrogens (primary N) is 1. The molecule has 0 bridgehead atoms. The Morgan fingerprint density at radius 1 is 1.22 bits per heavy atom. The molecule has 1 atom stereocenters. The minimum absolute atomic E-state index is 0.135. The van der Waals surface area contributed by atoms with Crippen molar-refractivity contribution in [1.29, 1.82) is 0 Å². The molecule has 1 aromatic rings. The molecule has 1 aliphatic rings. The molecule has 1 unspecified atom stereocenters. The molecule has 23 heavy (non-hydrogen) atoms. The van der Waals surface area contributed by atoms with Crippen molar-refractivity contribution in [3.8, 4) is 0 Å². The van der Waals surface area contributed by atoms with Crippen LogP contribution < -0.4 is 10.6 Å². The monoisotopic (exact) mass is 319 g/mol. The van der Waals surface area contributed by atoms with Crippen LogP contribution in [0.15, 0.2) is 24.3 Å². The fourth-order valence-electron chi connectivity index (χ4n) is 2.85. The predicted molar refractivity (Wildman–Crippen MR) is 94.6 cm³/mol. The van der Waals surface area contributed by atoms with Gasteiger partial charge in [0.1, 0.15) is 5.60 Å². The lowest BCUT2D eigenvalue weighted by molar-refractivity contribution is 0.00883. The lowest BCUT2D eigenvalue weighted by Crippen LogP contribution is -2.58. The third kappa shape index (κ3) is 4.53. The van der Waals surface area contributed by atoms with E-state index in [1.807, 2.05) is 49.9 Å². The molecule has 1 saturated heterocycles. The van der Waals surface area contributed by atoms with Gasteiger partial charge in [-0.15, -0.1) is 0 Å². The highest BCUT2D eigenvalue weighted by atomic mass is 16.6. The summed E-state index contributed by atoms with van der Waals surface area (Å²) in [6, 6.07) is 8.04. The van der Waals surface area contributed by atoms with E-state index in [1.165, 1.54) is 0 Å². The Kier molecular flexibility index (Phi) is 5.07. The van der Waals surface area contributed by atoms with E-state index in [1.54, 1.807) is 0 Å². The molecule has 2 N–H and O–H groups in total. The molecule has 5 heteroatoms. The summed E-state index contributed by atoms with van der Waals surface area (Å²) in [5.74, 6) is 0.360. The van der Waals surface area contributed by atoms with Crippen molar-refractivity contribution < 1.29 is 9.53 Å². The molecule has 1 amide bonds. The second-order valence-corrected chi connectivity index (χ2v) is 7.52. The second-order valence-electron chi connectivity index (χ2n) is 7.52. The first kappa shape index (κ1) is 17.4. The van der Waals surface area contributed by atoms with Crippen LogP contribution in [0.4, 0.5) is 16.2 Å². The van der Waals surface area contributed by atoms with Crippen molar-refractivity contribution in [2.75, 3.05) is 30.3 Å². The van der Waals surface area contributed by atoms with Gasteiger partial charge in [0.2, 0.25) is 0 Å². The molecule has 0 spiro atoms. The van der Waals surface area contributed by atoms with Crippen LogP contribution in [-0.4, -0.2) is 42.3 Å². The summed E-state index contributed by atoms with van der Waals surface area (Å²) in [5, 5.41) is 0. The lowest BCUT2D eigenvalue weighted by Gasteiger charge is -2.44. The Morgan fingerprint density at radius 3 is 2.35 bits per heavy atom. The summed E-state index contributed by atoms with van der Waals surface area (Å²) < 4.78 is 5.57. The molecular formula is C18H29N3O2. The van der Waals surface area contributed by atoms with Crippen LogP contribution in [0, 0.1) is 5.92 Å². The fraction of sp³-hybridized carbons (Fsp3) is 0.611. The molecule has 0 saturated carbocycles. The van der Waals surface area contributed by atoms with Gasteiger partial charge in [-0.25, -0.2) is 4.79 Å². The maximum absolute atomic E-state index is 12.5. The largest absolute Gasteiger partial charge is 0.444 e. The Hall–Kier alpha value is -1.91. The zero-order chi connectivity index (χ0) is 17.2. The molecule has 1 aromatic carbocycles. The van der Waals surface area contributed by atoms with Gasteiger partial charge in [-0.1, -0.05) is 13.8 Å². The van der Waals surface area contributed by atoms with E-state index in [0.29, 0.717) is 12.5 Å². The van der Waals surface area contributed by atoms with Gasteiger partial charge < -0.3 is 20.3 Å². The fourth-order valence-corrected chi connectivity index (χ4v) is 2.85. The molecule has 5 nitrogen and oxygen atoms in total. The van der Waals surface area contributed by atoms with Crippen molar-refractivity contribution in [3.05, 3.63) is 24.3 Å². The van der Waals surface area contributed by atoms with Crippen molar-refractivity contribution >= 4 is 17.5 Å². The first-order valence-corrected chi connectivity index (χ1v) is 8.27. The number of ether oxygens (including phenoxy) is 1. The summed E-state index contributed by atoms with van der Waals surface area (Å²) >= 11 is 0. The maximum atomic E-state index is 12.5. The topological polar surface area (TPSA) is 58.8 Å². The number of carbonyl (C=O) groups is 1. The first-order chi connectivity index (χ1) is 10.7. The van der Waals surface area contributed by atoms with Crippen molar-refractivity contribution in [2.24, 2.45) is 5.92 Å². The van der Waals surface area contributed by atoms with Crippen molar-refractivity contribution in [1.82, 2.24) is 4.90 Å². The summed E-state index contributed by atoms with van der Waals surface area (Å²) in [5.41, 5.74) is 7.21. The SMILES string of the molecule is CC(C)C1CN(c2ccc(N)cc2)CCN1C(=O)OC(C)(C)C. The third-order valence-electron chi connectivity index (χ3n) is 4.07. The normalized spacial score (nSPS) is 19.1. The molecule has 128 valence electrons. The number of piperazine rings is 1. The van der Waals surface area contributed by atoms with E-state index in [4.69, 9.17) is 10.5 Å². The average Bonchev–Trinajstić information content (AvgIpc) is 2.45. The van der Waals surface area contributed by atoms with Crippen molar-refractivity contribution in [2.45, 2.75) is 46.3 Å². The van der Waals surface area contributed by atoms with Gasteiger partial charge in [-0.05, 0) is 51.0 Å². The third-order valence-corrected chi connectivity index (χ3v) is 4.07. The zero-order valence-corrected chi connectivity index (χ0v) is 14.9. The van der Waals surface area contributed by atoms with Crippen LogP contribution in [-0.2, 0) is 4.74 Å². The van der Waals surface area contributed by atoms with Crippen LogP contribution in [0.2, 0.25) is 0 Å². The number of hydrogen-bond donors (Lipinski definition) is 1. The summed E-state index contributed by atoms with van der Waals surface area (Å²) in [7, 11) is 0. The Labute approximate surface area is 139 Å². The predicted octanol–water partition coefficient (Wildman–Crippen LogP) is 3.35. The van der Waals surface area contributed by atoms with Gasteiger partial charge in [0.25, 0.3) is 0 Å². The molecule has 1 aliphatic heterocycles. The van der Waals surface area contributed by atoms with E-state index >= 15 is 0 Å². The van der Waals surface area contributed by atoms with E-state index in [9.17, 15) is 4.79 Å². The number of rotatable bonds is 2. The van der Waals surface area contributed by atoms with Gasteiger partial charge in [0.15, 0.2) is 0 Å². The Bertz CT molecular complexity index is 534. The van der Waals surface area contributed by atoms with Crippen LogP contribution in [0.25, 0.3) is 0 Å². The summed E-state index contributed by atoms with van der Waals surface area (Å²) in [6.45, 7) is 12.3. The number of benzene rings is 1. The summed E-state index contributed by atoms with van der Waals surface area (Å²) in [4.78, 5) is 16.7. The quantitative estimate of drug-likeness (QED) is 0.849. The van der Waals surface area contributed by atoms with Gasteiger partial charge in [-0.3, -0.25) is 0 Å². The van der Waals surface area contributed by atoms with E-state index < -0.39 is 5.60 Å². The highest BCUT2D eigenvalue weighted by Gasteiger charge is 2.34. The van der Waals surface area contributed by atoms with Gasteiger partial charge >= 0.3 is 6.09 Å². The minimum Gasteiger partial charge on any atom is -0.444 e. The Morgan fingerprint density at radius 2 is 1.83 bits per heavy atom. The second kappa shape index (κ2) is 6.69. The molecule has 0 aromatic heterocycles. The number of carbonyl (C=O) groups excluding carboxylic acids is 1. The number of nitrogens with zero attached hydrogens (tertiary/aromatic N) is 2. The molecular weight excluding hydrogens is 290 g/mol. The standard InChI is InChI=1S/C18H29N3O2/c1-13(2)16-12-20(15-8-6-14(19)7-9-15)10-11-21(16)17(22)23-18(3,4)5/h6-9,13,16H,10-12,19H2,1-5H3. The molecule has 0 radical (unpaired) electrons. The van der Waals surface area contributed by atoms with Gasteiger partial charge in [-0.2, -0.15) is 0 Å². The number of amides is 1. The van der Waals surface area contributed by atoms with E-state index in [2.05, 4.69) is 18.7 Å². The molecule has 1 fully saturated rings. The maximum Gasteiger partial charge on any atom is 0.410 e. The van der Waals surface area contributed by atoms with Gasteiger partial charge in [0.05, 0.1) is 6.04 Å². The molecule has 1 heterocycles. The smallest absolute Gasteiger partial charge is 0.410 e. The number of anilines is 2. The molecule has 2 rings (SSSR count). The lowest BCUT2D eigenvalue weighted by atomic mass is 9.99. The summed E-state index contributed by atoms with van der Waals surface area (Å²) in [6.07, 6.45) is -0.215. The van der Waals surface area contributed by atoms with Crippen LogP contribution in [0.5, 0.6) is 0 Å². The minimum atomic E-state index is -0.466. The Balaban J connectivity index is 2.11. The number of hydrogen-bond acceptors (Lipinski definition) is 4.